The highest BCUT2D eigenvalue weighted by Gasteiger charge is 2.44. The number of methoxy groups -OCH3 is 1. The Labute approximate surface area is 345 Å². The van der Waals surface area contributed by atoms with Crippen LogP contribution in [0, 0.1) is 18.3 Å². The van der Waals surface area contributed by atoms with Crippen LogP contribution in [0.1, 0.15) is 56.4 Å². The Hall–Kier alpha value is -5.38. The fraction of sp³-hybridized carbons (Fsp3) is 0.442. The van der Waals surface area contributed by atoms with Crippen LogP contribution in [0.3, 0.4) is 0 Å². The topological polar surface area (TPSA) is 169 Å². The fourth-order valence-electron chi connectivity index (χ4n) is 7.06. The number of carbonyl (C=O) groups is 4. The fourth-order valence-corrected chi connectivity index (χ4v) is 7.67. The van der Waals surface area contributed by atoms with Gasteiger partial charge in [-0.2, -0.15) is 0 Å². The van der Waals surface area contributed by atoms with E-state index in [0.29, 0.717) is 19.6 Å². The van der Waals surface area contributed by atoms with Gasteiger partial charge in [-0.3, -0.25) is 20.0 Å². The molecule has 0 saturated carbocycles. The van der Waals surface area contributed by atoms with Crippen molar-refractivity contribution in [1.29, 1.82) is 0 Å². The first kappa shape index (κ1) is 43.7. The first-order valence-corrected chi connectivity index (χ1v) is 20.4. The molecule has 0 bridgehead atoms. The van der Waals surface area contributed by atoms with Crippen molar-refractivity contribution in [3.8, 4) is 11.3 Å². The summed E-state index contributed by atoms with van der Waals surface area (Å²) in [4.78, 5) is 66.6. The zero-order valence-corrected chi connectivity index (χ0v) is 35.2. The maximum atomic E-state index is 14.5. The molecule has 15 heteroatoms. The molecule has 1 saturated heterocycles. The van der Waals surface area contributed by atoms with Gasteiger partial charge in [0.1, 0.15) is 12.1 Å². The molecule has 4 aromatic rings. The number of alkyl carbamates (subject to hydrolysis) is 1. The summed E-state index contributed by atoms with van der Waals surface area (Å²) in [6.07, 6.45) is 0.0455. The number of hydrogen-bond acceptors (Lipinski definition) is 10. The highest BCUT2D eigenvalue weighted by molar-refractivity contribution is 7.09. The third-order valence-corrected chi connectivity index (χ3v) is 10.8. The van der Waals surface area contributed by atoms with Gasteiger partial charge < -0.3 is 30.3 Å². The average Bonchev–Trinajstić information content (AvgIpc) is 3.77. The molecule has 0 aliphatic carbocycles. The second kappa shape index (κ2) is 19.9. The average molecular weight is 813 g/mol. The van der Waals surface area contributed by atoms with Crippen molar-refractivity contribution in [3.63, 3.8) is 0 Å². The van der Waals surface area contributed by atoms with Crippen LogP contribution in [0.15, 0.2) is 84.4 Å². The molecule has 4 N–H and O–H groups in total. The van der Waals surface area contributed by atoms with Gasteiger partial charge in [-0.15, -0.1) is 11.3 Å². The van der Waals surface area contributed by atoms with Crippen LogP contribution in [0.5, 0.6) is 0 Å². The summed E-state index contributed by atoms with van der Waals surface area (Å²) in [6, 6.07) is 20.1. The number of aromatic nitrogens is 2. The number of hydrogen-bond donors (Lipinski definition) is 4. The molecule has 2 aromatic heterocycles. The van der Waals surface area contributed by atoms with Crippen molar-refractivity contribution in [2.45, 2.75) is 85.3 Å². The number of ether oxygens (including phenoxy) is 1. The Morgan fingerprint density at radius 1 is 0.948 bits per heavy atom. The Kier molecular flexibility index (Phi) is 15.0. The van der Waals surface area contributed by atoms with Crippen LogP contribution >= 0.6 is 11.3 Å². The zero-order chi connectivity index (χ0) is 42.0. The van der Waals surface area contributed by atoms with E-state index in [4.69, 9.17) is 4.74 Å². The molecule has 58 heavy (non-hydrogen) atoms. The molecule has 1 aliphatic heterocycles. The normalized spacial score (nSPS) is 15.2. The molecule has 4 unspecified atom stereocenters. The SMILES string of the molecule is COC(=O)NC(C(=O)NN(Cc1ccc(-c2ccccn2)cc1)CC(O)C(Cc1ccccc1)NC(=O)C(N1CCN(Cc2csc(C)n2)C1=O)C(C)(C)C)C(C)C. The van der Waals surface area contributed by atoms with Gasteiger partial charge in [-0.25, -0.2) is 19.6 Å². The number of rotatable bonds is 17. The van der Waals surface area contributed by atoms with Crippen LogP contribution in [0.25, 0.3) is 11.3 Å². The van der Waals surface area contributed by atoms with E-state index >= 15 is 0 Å². The van der Waals surface area contributed by atoms with Gasteiger partial charge in [0.25, 0.3) is 5.91 Å². The molecule has 5 rings (SSSR count). The van der Waals surface area contributed by atoms with E-state index in [0.717, 1.165) is 33.1 Å². The molecule has 2 aromatic carbocycles. The van der Waals surface area contributed by atoms with Crippen molar-refractivity contribution < 1.29 is 29.0 Å². The largest absolute Gasteiger partial charge is 0.453 e. The summed E-state index contributed by atoms with van der Waals surface area (Å²) in [5.41, 5.74) is 6.51. The minimum atomic E-state index is -1.21. The van der Waals surface area contributed by atoms with E-state index in [-0.39, 0.29) is 31.5 Å². The molecule has 0 spiro atoms. The van der Waals surface area contributed by atoms with E-state index in [1.54, 1.807) is 34.9 Å². The van der Waals surface area contributed by atoms with Crippen molar-refractivity contribution in [3.05, 3.63) is 106 Å². The van der Waals surface area contributed by atoms with E-state index in [1.165, 1.54) is 18.4 Å². The third-order valence-electron chi connectivity index (χ3n) is 9.99. The molecule has 1 fully saturated rings. The monoisotopic (exact) mass is 812 g/mol. The molecule has 5 amide bonds. The van der Waals surface area contributed by atoms with Gasteiger partial charge in [0.05, 0.1) is 42.2 Å². The number of aliphatic hydroxyl groups is 1. The molecular weight excluding hydrogens is 757 g/mol. The van der Waals surface area contributed by atoms with E-state index in [9.17, 15) is 24.3 Å². The quantitative estimate of drug-likeness (QED) is 0.105. The van der Waals surface area contributed by atoms with Crippen LogP contribution in [-0.4, -0.2) is 105 Å². The van der Waals surface area contributed by atoms with Crippen LogP contribution in [0.2, 0.25) is 0 Å². The van der Waals surface area contributed by atoms with Crippen LogP contribution in [-0.2, 0) is 33.8 Å². The third kappa shape index (κ3) is 11.8. The smallest absolute Gasteiger partial charge is 0.407 e. The maximum absolute atomic E-state index is 14.5. The first-order chi connectivity index (χ1) is 27.6. The Balaban J connectivity index is 1.40. The lowest BCUT2D eigenvalue weighted by molar-refractivity contribution is -0.132. The van der Waals surface area contributed by atoms with Crippen molar-refractivity contribution in [2.24, 2.45) is 11.3 Å². The number of thiazole rings is 1. The number of amides is 5. The number of aliphatic hydroxyl groups excluding tert-OH is 1. The van der Waals surface area contributed by atoms with Crippen molar-refractivity contribution in [2.75, 3.05) is 26.7 Å². The summed E-state index contributed by atoms with van der Waals surface area (Å²) in [5.74, 6) is -1.19. The number of carbonyl (C=O) groups excluding carboxylic acids is 4. The summed E-state index contributed by atoms with van der Waals surface area (Å²) in [5, 5.41) is 22.3. The van der Waals surface area contributed by atoms with Gasteiger partial charge in [0.15, 0.2) is 0 Å². The number of hydrazine groups is 1. The minimum absolute atomic E-state index is 0.0990. The second-order valence-corrected chi connectivity index (χ2v) is 17.1. The molecule has 3 heterocycles. The van der Waals surface area contributed by atoms with Gasteiger partial charge in [0.2, 0.25) is 5.91 Å². The summed E-state index contributed by atoms with van der Waals surface area (Å²) >= 11 is 1.53. The first-order valence-electron chi connectivity index (χ1n) is 19.5. The number of pyridine rings is 1. The second-order valence-electron chi connectivity index (χ2n) is 16.0. The predicted octanol–water partition coefficient (Wildman–Crippen LogP) is 5.17. The number of nitrogens with zero attached hydrogens (tertiary/aromatic N) is 5. The number of benzene rings is 2. The Bertz CT molecular complexity index is 1970. The van der Waals surface area contributed by atoms with Crippen LogP contribution < -0.4 is 16.1 Å². The lowest BCUT2D eigenvalue weighted by atomic mass is 9.84. The molecule has 4 atom stereocenters. The summed E-state index contributed by atoms with van der Waals surface area (Å²) < 4.78 is 4.78. The highest BCUT2D eigenvalue weighted by Crippen LogP contribution is 2.29. The van der Waals surface area contributed by atoms with E-state index < -0.39 is 47.6 Å². The maximum Gasteiger partial charge on any atom is 0.407 e. The molecule has 1 aliphatic rings. The summed E-state index contributed by atoms with van der Waals surface area (Å²) in [6.45, 7) is 12.5. The van der Waals surface area contributed by atoms with Gasteiger partial charge in [-0.1, -0.05) is 95.3 Å². The summed E-state index contributed by atoms with van der Waals surface area (Å²) in [7, 11) is 1.23. The van der Waals surface area contributed by atoms with Crippen molar-refractivity contribution in [1.82, 2.24) is 40.8 Å². The molecule has 0 radical (unpaired) electrons. The minimum Gasteiger partial charge on any atom is -0.453 e. The molecular formula is C43H56N8O6S. The van der Waals surface area contributed by atoms with Gasteiger partial charge in [0, 0.05) is 43.3 Å². The number of nitrogens with one attached hydrogen (secondary N) is 3. The lowest BCUT2D eigenvalue weighted by Crippen LogP contribution is -2.60. The predicted molar refractivity (Wildman–Crippen MR) is 223 cm³/mol. The van der Waals surface area contributed by atoms with Gasteiger partial charge >= 0.3 is 12.1 Å². The van der Waals surface area contributed by atoms with Gasteiger partial charge in [-0.05, 0) is 47.9 Å². The zero-order valence-electron chi connectivity index (χ0n) is 34.3. The molecule has 14 nitrogen and oxygen atoms in total. The van der Waals surface area contributed by atoms with E-state index in [2.05, 4.69) is 26.0 Å². The van der Waals surface area contributed by atoms with Crippen LogP contribution in [0.4, 0.5) is 9.59 Å². The van der Waals surface area contributed by atoms with Crippen molar-refractivity contribution >= 4 is 35.3 Å². The van der Waals surface area contributed by atoms with E-state index in [1.807, 2.05) is 106 Å². The standard InChI is InChI=1S/C43H56N8O6S/c1-28(2)37(47-41(55)57-7)39(53)48-50(24-31-16-18-32(19-17-31)34-15-11-12-20-44-34)26-36(52)35(23-30-13-9-8-10-14-30)46-40(54)38(43(4,5)6)51-22-21-49(42(51)56)25-33-27-58-29(3)45-33/h8-20,27-28,35-38,52H,21-26H2,1-7H3,(H,46,54)(H,47,55)(H,48,53). The number of aryl methyl sites for hydroxylation is 1. The Morgan fingerprint density at radius 2 is 1.66 bits per heavy atom. The lowest BCUT2D eigenvalue weighted by Gasteiger charge is -2.38. The number of urea groups is 1. The molecule has 310 valence electrons. The Morgan fingerprint density at radius 3 is 2.26 bits per heavy atom. The highest BCUT2D eigenvalue weighted by atomic mass is 32.1.